The minimum Gasteiger partial charge on any atom is -0.399 e. The van der Waals surface area contributed by atoms with Gasteiger partial charge in [-0.2, -0.15) is 0 Å². The molecular formula is C15H19Cl3N4. The molecule has 0 aliphatic heterocycles. The molecule has 0 aromatic heterocycles. The van der Waals surface area contributed by atoms with E-state index in [1.165, 1.54) is 0 Å². The molecule has 4 nitrogen and oxygen atoms in total. The lowest BCUT2D eigenvalue weighted by Crippen LogP contribution is -2.12. The average molecular weight is 362 g/mol. The number of aliphatic imine (C=N–C) groups is 1. The zero-order valence-electron chi connectivity index (χ0n) is 11.7. The van der Waals surface area contributed by atoms with E-state index >= 15 is 0 Å². The van der Waals surface area contributed by atoms with Gasteiger partial charge in [0.2, 0.25) is 0 Å². The highest BCUT2D eigenvalue weighted by Crippen LogP contribution is 2.08. The SMILES string of the molecule is Cl.Cl.Cl.NC(=NC=Cc1ccc(N)cc1)c1ccc(N)cc1. The van der Waals surface area contributed by atoms with E-state index in [-0.39, 0.29) is 37.2 Å². The Morgan fingerprint density at radius 3 is 1.73 bits per heavy atom. The average Bonchev–Trinajstić information content (AvgIpc) is 2.41. The number of amidine groups is 1. The van der Waals surface area contributed by atoms with Crippen LogP contribution in [0.5, 0.6) is 0 Å². The van der Waals surface area contributed by atoms with Crippen LogP contribution in [0.3, 0.4) is 0 Å². The fourth-order valence-electron chi connectivity index (χ4n) is 1.54. The normalized spacial score (nSPS) is 10.3. The van der Waals surface area contributed by atoms with Crippen molar-refractivity contribution in [1.29, 1.82) is 0 Å². The Hall–Kier alpha value is -1.88. The van der Waals surface area contributed by atoms with Gasteiger partial charge in [-0.3, -0.25) is 0 Å². The van der Waals surface area contributed by atoms with Crippen molar-refractivity contribution in [2.75, 3.05) is 11.5 Å². The lowest BCUT2D eigenvalue weighted by Gasteiger charge is -1.99. The second-order valence-corrected chi connectivity index (χ2v) is 4.12. The molecule has 0 saturated heterocycles. The van der Waals surface area contributed by atoms with Gasteiger partial charge < -0.3 is 17.2 Å². The molecule has 2 aromatic carbocycles. The van der Waals surface area contributed by atoms with Gasteiger partial charge in [-0.05, 0) is 48.0 Å². The van der Waals surface area contributed by atoms with Crippen LogP contribution in [-0.2, 0) is 0 Å². The first kappa shape index (κ1) is 22.4. The fraction of sp³-hybridized carbons (Fsp3) is 0. The molecule has 0 fully saturated rings. The van der Waals surface area contributed by atoms with Crippen LogP contribution in [0.4, 0.5) is 11.4 Å². The molecule has 2 rings (SSSR count). The summed E-state index contributed by atoms with van der Waals surface area (Å²) >= 11 is 0. The van der Waals surface area contributed by atoms with Crippen molar-refractivity contribution in [1.82, 2.24) is 0 Å². The molecule has 7 heteroatoms. The van der Waals surface area contributed by atoms with Crippen molar-refractivity contribution < 1.29 is 0 Å². The quantitative estimate of drug-likeness (QED) is 0.444. The van der Waals surface area contributed by atoms with Crippen LogP contribution in [0.25, 0.3) is 6.08 Å². The monoisotopic (exact) mass is 360 g/mol. The summed E-state index contributed by atoms with van der Waals surface area (Å²) in [6, 6.07) is 14.8. The van der Waals surface area contributed by atoms with Gasteiger partial charge in [-0.1, -0.05) is 12.1 Å². The maximum atomic E-state index is 5.87. The summed E-state index contributed by atoms with van der Waals surface area (Å²) in [5, 5.41) is 0. The van der Waals surface area contributed by atoms with Gasteiger partial charge in [-0.15, -0.1) is 37.2 Å². The first-order valence-corrected chi connectivity index (χ1v) is 5.86. The van der Waals surface area contributed by atoms with Gasteiger partial charge in [0.1, 0.15) is 5.84 Å². The van der Waals surface area contributed by atoms with Crippen molar-refractivity contribution in [3.8, 4) is 0 Å². The van der Waals surface area contributed by atoms with Crippen molar-refractivity contribution in [3.63, 3.8) is 0 Å². The molecule has 0 amide bonds. The summed E-state index contributed by atoms with van der Waals surface area (Å²) in [5.41, 5.74) is 20.4. The predicted molar refractivity (Wildman–Crippen MR) is 103 cm³/mol. The van der Waals surface area contributed by atoms with Crippen molar-refractivity contribution in [2.45, 2.75) is 0 Å². The lowest BCUT2D eigenvalue weighted by molar-refractivity contribution is 1.47. The largest absolute Gasteiger partial charge is 0.399 e. The zero-order chi connectivity index (χ0) is 13.7. The third kappa shape index (κ3) is 6.72. The number of rotatable bonds is 3. The molecule has 0 radical (unpaired) electrons. The molecule has 0 bridgehead atoms. The molecule has 120 valence electrons. The summed E-state index contributed by atoms with van der Waals surface area (Å²) in [6.45, 7) is 0. The van der Waals surface area contributed by atoms with E-state index in [4.69, 9.17) is 17.2 Å². The number of halogens is 3. The Bertz CT molecular complexity index is 608. The molecule has 0 spiro atoms. The summed E-state index contributed by atoms with van der Waals surface area (Å²) in [4.78, 5) is 4.18. The number of nitrogen functional groups attached to an aromatic ring is 2. The zero-order valence-corrected chi connectivity index (χ0v) is 14.1. The molecule has 6 N–H and O–H groups in total. The van der Waals surface area contributed by atoms with Crippen molar-refractivity contribution >= 4 is 60.5 Å². The van der Waals surface area contributed by atoms with Crippen LogP contribution in [0.1, 0.15) is 11.1 Å². The second kappa shape index (κ2) is 10.8. The van der Waals surface area contributed by atoms with Gasteiger partial charge in [0.05, 0.1) is 0 Å². The fourth-order valence-corrected chi connectivity index (χ4v) is 1.54. The van der Waals surface area contributed by atoms with Gasteiger partial charge >= 0.3 is 0 Å². The van der Waals surface area contributed by atoms with Crippen molar-refractivity contribution in [3.05, 3.63) is 65.9 Å². The van der Waals surface area contributed by atoms with Crippen LogP contribution in [0.15, 0.2) is 59.7 Å². The highest BCUT2D eigenvalue weighted by Gasteiger charge is 1.95. The molecular weight excluding hydrogens is 343 g/mol. The summed E-state index contributed by atoms with van der Waals surface area (Å²) in [7, 11) is 0. The number of benzene rings is 2. The van der Waals surface area contributed by atoms with Crippen LogP contribution in [0.2, 0.25) is 0 Å². The molecule has 0 atom stereocenters. The minimum atomic E-state index is 0. The number of nitrogens with zero attached hydrogens (tertiary/aromatic N) is 1. The first-order valence-electron chi connectivity index (χ1n) is 5.86. The predicted octanol–water partition coefficient (Wildman–Crippen LogP) is 3.49. The number of hydrogen-bond acceptors (Lipinski definition) is 3. The highest BCUT2D eigenvalue weighted by atomic mass is 35.5. The maximum absolute atomic E-state index is 5.87. The van der Waals surface area contributed by atoms with E-state index in [1.807, 2.05) is 42.5 Å². The Kier molecular flexibility index (Phi) is 11.0. The Morgan fingerprint density at radius 1 is 0.773 bits per heavy atom. The van der Waals surface area contributed by atoms with Gasteiger partial charge in [-0.25, -0.2) is 4.99 Å². The maximum Gasteiger partial charge on any atom is 0.130 e. The number of hydrogen-bond donors (Lipinski definition) is 3. The smallest absolute Gasteiger partial charge is 0.130 e. The molecule has 0 aliphatic carbocycles. The van der Waals surface area contributed by atoms with Crippen LogP contribution in [-0.4, -0.2) is 5.84 Å². The minimum absolute atomic E-state index is 0. The molecule has 0 unspecified atom stereocenters. The van der Waals surface area contributed by atoms with Gasteiger partial charge in [0, 0.05) is 23.1 Å². The van der Waals surface area contributed by atoms with Crippen molar-refractivity contribution in [2.24, 2.45) is 10.7 Å². The van der Waals surface area contributed by atoms with E-state index in [1.54, 1.807) is 18.3 Å². The Morgan fingerprint density at radius 2 is 1.23 bits per heavy atom. The van der Waals surface area contributed by atoms with Crippen LogP contribution in [0, 0.1) is 0 Å². The summed E-state index contributed by atoms with van der Waals surface area (Å²) in [6.07, 6.45) is 3.53. The van der Waals surface area contributed by atoms with E-state index in [0.29, 0.717) is 11.5 Å². The van der Waals surface area contributed by atoms with Crippen LogP contribution >= 0.6 is 37.2 Å². The van der Waals surface area contributed by atoms with E-state index in [9.17, 15) is 0 Å². The highest BCUT2D eigenvalue weighted by molar-refractivity contribution is 5.98. The van der Waals surface area contributed by atoms with Gasteiger partial charge in [0.25, 0.3) is 0 Å². The number of nitrogens with two attached hydrogens (primary N) is 3. The van der Waals surface area contributed by atoms with E-state index in [0.717, 1.165) is 16.8 Å². The molecule has 0 saturated carbocycles. The third-order valence-corrected chi connectivity index (χ3v) is 2.62. The van der Waals surface area contributed by atoms with Gasteiger partial charge in [0.15, 0.2) is 0 Å². The summed E-state index contributed by atoms with van der Waals surface area (Å²) in [5.74, 6) is 0.451. The van der Waals surface area contributed by atoms with Crippen LogP contribution < -0.4 is 17.2 Å². The first-order chi connectivity index (χ1) is 9.15. The molecule has 2 aromatic rings. The number of anilines is 2. The van der Waals surface area contributed by atoms with E-state index in [2.05, 4.69) is 4.99 Å². The molecule has 22 heavy (non-hydrogen) atoms. The summed E-state index contributed by atoms with van der Waals surface area (Å²) < 4.78 is 0. The molecule has 0 aliphatic rings. The standard InChI is InChI=1S/C15H16N4.3ClH/c16-13-5-1-11(2-6-13)9-10-19-15(18)12-3-7-14(17)8-4-12;;;/h1-10H,16-17H2,(H2,18,19);3*1H. The second-order valence-electron chi connectivity index (χ2n) is 4.12. The Balaban J connectivity index is 0. The third-order valence-electron chi connectivity index (χ3n) is 2.62. The Labute approximate surface area is 148 Å². The molecule has 0 heterocycles. The van der Waals surface area contributed by atoms with E-state index < -0.39 is 0 Å². The lowest BCUT2D eigenvalue weighted by atomic mass is 10.2. The topological polar surface area (TPSA) is 90.4 Å².